The van der Waals surface area contributed by atoms with Crippen LogP contribution in [-0.2, 0) is 35.2 Å². The van der Waals surface area contributed by atoms with Crippen LogP contribution in [0.25, 0.3) is 0 Å². The third kappa shape index (κ3) is 6.17. The van der Waals surface area contributed by atoms with E-state index in [1.165, 1.54) is 10.6 Å². The zero-order valence-corrected chi connectivity index (χ0v) is 12.7. The number of hydrogen-bond donors (Lipinski definition) is 0. The van der Waals surface area contributed by atoms with Gasteiger partial charge < -0.3 is 0 Å². The fourth-order valence-corrected chi connectivity index (χ4v) is 2.26. The van der Waals surface area contributed by atoms with Gasteiger partial charge in [0.2, 0.25) is 0 Å². The number of halogens is 1. The first-order valence-electron chi connectivity index (χ1n) is 4.44. The second-order valence-corrected chi connectivity index (χ2v) is 4.26. The molecule has 2 rings (SSSR count). The van der Waals surface area contributed by atoms with Crippen LogP contribution in [0, 0.1) is 0 Å². The molecule has 0 aliphatic carbocycles. The summed E-state index contributed by atoms with van der Waals surface area (Å²) >= 11 is 2.22. The molecule has 0 fully saturated rings. The van der Waals surface area contributed by atoms with E-state index in [0.29, 0.717) is 0 Å². The number of benzene rings is 2. The zero-order chi connectivity index (χ0) is 10.9. The molecule has 0 amide bonds. The number of rotatable bonds is 2. The molecule has 0 saturated carbocycles. The molecule has 0 saturated heterocycles. The van der Waals surface area contributed by atoms with Crippen molar-refractivity contribution in [3.05, 3.63) is 60.7 Å². The summed E-state index contributed by atoms with van der Waals surface area (Å²) in [6.07, 6.45) is 0. The van der Waals surface area contributed by atoms with Crippen molar-refractivity contribution in [3.8, 4) is 0 Å². The van der Waals surface area contributed by atoms with E-state index in [0.717, 1.165) is 8.58 Å². The molecule has 2 aromatic rings. The van der Waals surface area contributed by atoms with Crippen molar-refractivity contribution in [2.24, 2.45) is 0 Å². The summed E-state index contributed by atoms with van der Waals surface area (Å²) in [5.74, 6) is 0. The summed E-state index contributed by atoms with van der Waals surface area (Å²) in [7, 11) is 5.27. The van der Waals surface area contributed by atoms with E-state index in [9.17, 15) is 0 Å². The van der Waals surface area contributed by atoms with E-state index >= 15 is 0 Å². The van der Waals surface area contributed by atoms with Crippen molar-refractivity contribution in [1.29, 1.82) is 0 Å². The molecule has 2 aromatic carbocycles. The van der Waals surface area contributed by atoms with Gasteiger partial charge in [0.15, 0.2) is 0 Å². The fraction of sp³-hybridized carbons (Fsp3) is 0. The molecule has 0 nitrogen and oxygen atoms in total. The van der Waals surface area contributed by atoms with E-state index < -0.39 is 0 Å². The van der Waals surface area contributed by atoms with Crippen molar-refractivity contribution in [1.82, 2.24) is 0 Å². The Morgan fingerprint density at radius 1 is 0.688 bits per heavy atom. The van der Waals surface area contributed by atoms with Gasteiger partial charge in [-0.05, 0) is 10.6 Å². The Hall–Kier alpha value is 0.342. The molecular weight excluding hydrogens is 373 g/mol. The van der Waals surface area contributed by atoms with E-state index in [4.69, 9.17) is 0 Å². The van der Waals surface area contributed by atoms with Crippen LogP contribution in [-0.4, -0.2) is 0 Å². The summed E-state index contributed by atoms with van der Waals surface area (Å²) in [5, 5.41) is 2.79. The molecule has 0 bridgehead atoms. The molecule has 89 valence electrons. The summed E-state index contributed by atoms with van der Waals surface area (Å²) < 4.78 is 0. The summed E-state index contributed by atoms with van der Waals surface area (Å²) in [6, 6.07) is 21.2. The second-order valence-electron chi connectivity index (χ2n) is 2.86. The van der Waals surface area contributed by atoms with Gasteiger partial charge in [-0.2, -0.15) is 0 Å². The molecule has 0 N–H and O–H groups in total. The standard InChI is InChI=1S/C12H11P.ClH.Fe.Pd/c1-3-7-11(8-4-1)13-12-9-5-2-6-10-12;;;/h1-10,13H;1H;;/q;;;+1/p-1. The predicted octanol–water partition coefficient (Wildman–Crippen LogP) is 3.00. The van der Waals surface area contributed by atoms with Crippen molar-refractivity contribution in [3.63, 3.8) is 0 Å². The minimum atomic E-state index is 0. The molecule has 0 radical (unpaired) electrons. The topological polar surface area (TPSA) is 0 Å². The van der Waals surface area contributed by atoms with Gasteiger partial charge in [-0.3, -0.25) is 0 Å². The Balaban J connectivity index is 0.000000711. The predicted molar refractivity (Wildman–Crippen MR) is 66.3 cm³/mol. The van der Waals surface area contributed by atoms with Crippen molar-refractivity contribution in [2.75, 3.05) is 0 Å². The zero-order valence-electron chi connectivity index (χ0n) is 8.32. The SMILES string of the molecule is [Cl][Pd].[Fe].c1ccc(Pc2ccccc2)cc1. The quantitative estimate of drug-likeness (QED) is 0.552. The third-order valence-electron chi connectivity index (χ3n) is 1.84. The van der Waals surface area contributed by atoms with Crippen LogP contribution in [0.1, 0.15) is 0 Å². The molecule has 4 heteroatoms. The normalized spacial score (nSPS) is 8.44. The van der Waals surface area contributed by atoms with Gasteiger partial charge in [0, 0.05) is 17.1 Å². The molecule has 0 unspecified atom stereocenters. The first kappa shape index (κ1) is 16.3. The number of hydrogen-bond acceptors (Lipinski definition) is 0. The molecule has 0 atom stereocenters. The summed E-state index contributed by atoms with van der Waals surface area (Å²) in [5.41, 5.74) is 0. The van der Waals surface area contributed by atoms with Gasteiger partial charge in [0.05, 0.1) is 0 Å². The maximum Gasteiger partial charge on any atom is 0 e. The average Bonchev–Trinajstić information content (AvgIpc) is 2.34. The van der Waals surface area contributed by atoms with Gasteiger partial charge in [0.25, 0.3) is 0 Å². The van der Waals surface area contributed by atoms with E-state index in [-0.39, 0.29) is 17.1 Å². The fourth-order valence-electron chi connectivity index (χ4n) is 1.21. The van der Waals surface area contributed by atoms with Gasteiger partial charge in [-0.25, -0.2) is 0 Å². The van der Waals surface area contributed by atoms with Crippen LogP contribution in [0.15, 0.2) is 60.7 Å². The first-order chi connectivity index (χ1) is 7.45. The Labute approximate surface area is 124 Å². The Morgan fingerprint density at radius 3 is 1.31 bits per heavy atom. The molecule has 16 heavy (non-hydrogen) atoms. The summed E-state index contributed by atoms with van der Waals surface area (Å²) in [4.78, 5) is 0. The minimum absolute atomic E-state index is 0. The van der Waals surface area contributed by atoms with Gasteiger partial charge in [-0.15, -0.1) is 0 Å². The van der Waals surface area contributed by atoms with E-state index in [1.54, 1.807) is 0 Å². The van der Waals surface area contributed by atoms with Crippen molar-refractivity contribution >= 4 is 28.7 Å². The monoisotopic (exact) mass is 383 g/mol. The maximum atomic E-state index is 4.49. The maximum absolute atomic E-state index is 4.49. The van der Waals surface area contributed by atoms with Crippen LogP contribution in [0.4, 0.5) is 0 Å². The summed E-state index contributed by atoms with van der Waals surface area (Å²) in [6.45, 7) is 0. The Morgan fingerprint density at radius 2 is 1.00 bits per heavy atom. The average molecular weight is 384 g/mol. The van der Waals surface area contributed by atoms with Crippen LogP contribution >= 0.6 is 18.1 Å². The van der Waals surface area contributed by atoms with E-state index in [2.05, 4.69) is 88.4 Å². The van der Waals surface area contributed by atoms with Gasteiger partial charge in [-0.1, -0.05) is 69.2 Å². The molecule has 0 spiro atoms. The van der Waals surface area contributed by atoms with Gasteiger partial charge >= 0.3 is 27.7 Å². The molecule has 0 heterocycles. The Bertz CT molecular complexity index is 332. The first-order valence-corrected chi connectivity index (χ1v) is 7.44. The van der Waals surface area contributed by atoms with Crippen molar-refractivity contribution < 1.29 is 35.2 Å². The van der Waals surface area contributed by atoms with Gasteiger partial charge in [0.1, 0.15) is 0 Å². The molecule has 0 aliphatic heterocycles. The molecule has 0 aliphatic rings. The van der Waals surface area contributed by atoms with Crippen LogP contribution < -0.4 is 10.6 Å². The molecule has 0 aromatic heterocycles. The third-order valence-corrected chi connectivity index (χ3v) is 3.08. The van der Waals surface area contributed by atoms with Crippen molar-refractivity contribution in [2.45, 2.75) is 0 Å². The largest absolute Gasteiger partial charge is 0.0622 e. The van der Waals surface area contributed by atoms with Crippen LogP contribution in [0.5, 0.6) is 0 Å². The van der Waals surface area contributed by atoms with E-state index in [1.807, 2.05) is 0 Å². The second kappa shape index (κ2) is 10.5. The van der Waals surface area contributed by atoms with Crippen LogP contribution in [0.2, 0.25) is 0 Å². The Kier molecular flexibility index (Phi) is 10.7. The minimum Gasteiger partial charge on any atom is -0.0622 e. The molecular formula is C12H11ClFePPd. The van der Waals surface area contributed by atoms with Crippen LogP contribution in [0.3, 0.4) is 0 Å². The smallest absolute Gasteiger partial charge is 0 e.